The molecule has 0 aliphatic heterocycles. The van der Waals surface area contributed by atoms with Gasteiger partial charge in [0.1, 0.15) is 23.6 Å². The van der Waals surface area contributed by atoms with Crippen LogP contribution in [0.4, 0.5) is 11.5 Å². The fourth-order valence-electron chi connectivity index (χ4n) is 2.76. The molecule has 0 amide bonds. The summed E-state index contributed by atoms with van der Waals surface area (Å²) < 4.78 is 13.2. The Bertz CT molecular complexity index is 1130. The number of halogens is 1. The average molecular weight is 408 g/mol. The van der Waals surface area contributed by atoms with E-state index in [9.17, 15) is 0 Å². The van der Waals surface area contributed by atoms with Gasteiger partial charge in [0.25, 0.3) is 0 Å². The van der Waals surface area contributed by atoms with Crippen LogP contribution in [0.3, 0.4) is 0 Å². The molecule has 146 valence electrons. The molecule has 7 nitrogen and oxygen atoms in total. The number of aryl methyl sites for hydroxylation is 1. The highest BCUT2D eigenvalue weighted by atomic mass is 35.5. The van der Waals surface area contributed by atoms with Crippen LogP contribution in [0.15, 0.2) is 67.4 Å². The zero-order chi connectivity index (χ0) is 20.2. The second-order valence-corrected chi connectivity index (χ2v) is 6.67. The van der Waals surface area contributed by atoms with Crippen molar-refractivity contribution in [1.82, 2.24) is 19.5 Å². The van der Waals surface area contributed by atoms with Gasteiger partial charge in [-0.15, -0.1) is 0 Å². The molecule has 0 aliphatic carbocycles. The predicted molar refractivity (Wildman–Crippen MR) is 112 cm³/mol. The molecule has 4 rings (SSSR count). The Labute approximate surface area is 172 Å². The molecule has 2 aromatic carbocycles. The van der Waals surface area contributed by atoms with E-state index in [4.69, 9.17) is 21.1 Å². The smallest absolute Gasteiger partial charge is 0.224 e. The van der Waals surface area contributed by atoms with Crippen LogP contribution in [0.25, 0.3) is 5.69 Å². The maximum absolute atomic E-state index is 5.90. The summed E-state index contributed by atoms with van der Waals surface area (Å²) in [6, 6.07) is 14.6. The number of anilines is 2. The van der Waals surface area contributed by atoms with E-state index in [1.807, 2.05) is 35.9 Å². The van der Waals surface area contributed by atoms with Crippen molar-refractivity contribution in [3.8, 4) is 23.1 Å². The van der Waals surface area contributed by atoms with Crippen LogP contribution < -0.4 is 14.8 Å². The molecule has 0 bridgehead atoms. The van der Waals surface area contributed by atoms with Gasteiger partial charge in [-0.1, -0.05) is 11.6 Å². The third kappa shape index (κ3) is 4.47. The lowest BCUT2D eigenvalue weighted by Crippen LogP contribution is -1.99. The maximum atomic E-state index is 5.90. The molecule has 29 heavy (non-hydrogen) atoms. The summed E-state index contributed by atoms with van der Waals surface area (Å²) in [6.07, 6.45) is 5.13. The average Bonchev–Trinajstić information content (AvgIpc) is 3.16. The number of hydrogen-bond acceptors (Lipinski definition) is 6. The third-order valence-corrected chi connectivity index (χ3v) is 4.37. The van der Waals surface area contributed by atoms with Crippen molar-refractivity contribution in [1.29, 1.82) is 0 Å². The minimum absolute atomic E-state index is 0.419. The van der Waals surface area contributed by atoms with E-state index in [1.54, 1.807) is 43.8 Å². The van der Waals surface area contributed by atoms with Crippen molar-refractivity contribution in [2.75, 3.05) is 12.4 Å². The summed E-state index contributed by atoms with van der Waals surface area (Å²) >= 11 is 5.90. The summed E-state index contributed by atoms with van der Waals surface area (Å²) in [5, 5.41) is 3.88. The Morgan fingerprint density at radius 1 is 1.00 bits per heavy atom. The summed E-state index contributed by atoms with van der Waals surface area (Å²) in [6.45, 7) is 1.94. The first kappa shape index (κ1) is 18.8. The molecule has 2 heterocycles. The lowest BCUT2D eigenvalue weighted by atomic mass is 10.2. The van der Waals surface area contributed by atoms with Gasteiger partial charge in [-0.25, -0.2) is 15.0 Å². The number of rotatable bonds is 6. The molecule has 1 N–H and O–H groups in total. The summed E-state index contributed by atoms with van der Waals surface area (Å²) in [7, 11) is 1.63. The van der Waals surface area contributed by atoms with Gasteiger partial charge in [-0.05, 0) is 43.3 Å². The van der Waals surface area contributed by atoms with E-state index < -0.39 is 0 Å². The van der Waals surface area contributed by atoms with E-state index in [0.29, 0.717) is 28.2 Å². The molecule has 0 unspecified atom stereocenters. The SMILES string of the molecule is COc1cc(Nc2cc(Oc3ccc(Cl)cc3)ncn2)ccc1-n1cnc(C)c1. The van der Waals surface area contributed by atoms with Gasteiger partial charge in [0.2, 0.25) is 5.88 Å². The molecule has 0 atom stereocenters. The van der Waals surface area contributed by atoms with Crippen molar-refractivity contribution >= 4 is 23.1 Å². The number of ether oxygens (including phenoxy) is 2. The van der Waals surface area contributed by atoms with Crippen molar-refractivity contribution in [2.24, 2.45) is 0 Å². The topological polar surface area (TPSA) is 74.1 Å². The normalized spacial score (nSPS) is 10.6. The Balaban J connectivity index is 1.53. The van der Waals surface area contributed by atoms with Crippen molar-refractivity contribution in [3.05, 3.63) is 78.1 Å². The van der Waals surface area contributed by atoms with Crippen LogP contribution in [0.2, 0.25) is 5.02 Å². The van der Waals surface area contributed by atoms with Crippen molar-refractivity contribution in [2.45, 2.75) is 6.92 Å². The van der Waals surface area contributed by atoms with Crippen LogP contribution in [-0.2, 0) is 0 Å². The molecule has 0 aliphatic rings. The number of benzene rings is 2. The molecule has 0 fully saturated rings. The second kappa shape index (κ2) is 8.20. The quantitative estimate of drug-likeness (QED) is 0.475. The molecule has 0 radical (unpaired) electrons. The number of hydrogen-bond donors (Lipinski definition) is 1. The minimum Gasteiger partial charge on any atom is -0.494 e. The zero-order valence-electron chi connectivity index (χ0n) is 15.8. The summed E-state index contributed by atoms with van der Waals surface area (Å²) in [5.41, 5.74) is 2.65. The van der Waals surface area contributed by atoms with Gasteiger partial charge in [0.05, 0.1) is 24.8 Å². The molecule has 2 aromatic heterocycles. The van der Waals surface area contributed by atoms with Gasteiger partial charge in [-0.2, -0.15) is 0 Å². The van der Waals surface area contributed by atoms with Crippen LogP contribution in [-0.4, -0.2) is 26.6 Å². The highest BCUT2D eigenvalue weighted by molar-refractivity contribution is 6.30. The lowest BCUT2D eigenvalue weighted by Gasteiger charge is -2.12. The monoisotopic (exact) mass is 407 g/mol. The van der Waals surface area contributed by atoms with E-state index in [1.165, 1.54) is 6.33 Å². The van der Waals surface area contributed by atoms with Crippen LogP contribution in [0.1, 0.15) is 5.69 Å². The largest absolute Gasteiger partial charge is 0.494 e. The fourth-order valence-corrected chi connectivity index (χ4v) is 2.88. The molecule has 0 spiro atoms. The Morgan fingerprint density at radius 3 is 2.55 bits per heavy atom. The number of aromatic nitrogens is 4. The fraction of sp³-hybridized carbons (Fsp3) is 0.0952. The van der Waals surface area contributed by atoms with Crippen LogP contribution >= 0.6 is 11.6 Å². The lowest BCUT2D eigenvalue weighted by molar-refractivity contribution is 0.413. The van der Waals surface area contributed by atoms with Gasteiger partial charge in [0.15, 0.2) is 0 Å². The van der Waals surface area contributed by atoms with Gasteiger partial charge in [0, 0.05) is 29.0 Å². The Hall–Kier alpha value is -3.58. The minimum atomic E-state index is 0.419. The van der Waals surface area contributed by atoms with Crippen molar-refractivity contribution in [3.63, 3.8) is 0 Å². The summed E-state index contributed by atoms with van der Waals surface area (Å²) in [5.74, 6) is 2.36. The second-order valence-electron chi connectivity index (χ2n) is 6.23. The first-order valence-corrected chi connectivity index (χ1v) is 9.20. The first-order chi connectivity index (χ1) is 14.1. The van der Waals surface area contributed by atoms with E-state index in [0.717, 1.165) is 17.1 Å². The van der Waals surface area contributed by atoms with Crippen LogP contribution in [0, 0.1) is 6.92 Å². The van der Waals surface area contributed by atoms with Gasteiger partial charge >= 0.3 is 0 Å². The van der Waals surface area contributed by atoms with Crippen LogP contribution in [0.5, 0.6) is 17.4 Å². The highest BCUT2D eigenvalue weighted by Crippen LogP contribution is 2.29. The molecule has 8 heteroatoms. The molecular formula is C21H18ClN5O2. The molecular weight excluding hydrogens is 390 g/mol. The standard InChI is InChI=1S/C21H18ClN5O2/c1-14-11-27(13-25-14)18-8-5-16(9-19(18)28-2)26-20-10-21(24-12-23-20)29-17-6-3-15(22)4-7-17/h3-13H,1-2H3,(H,23,24,26). The number of nitrogens with zero attached hydrogens (tertiary/aromatic N) is 4. The number of methoxy groups -OCH3 is 1. The molecule has 0 saturated carbocycles. The third-order valence-electron chi connectivity index (χ3n) is 4.12. The van der Waals surface area contributed by atoms with E-state index >= 15 is 0 Å². The first-order valence-electron chi connectivity index (χ1n) is 8.82. The van der Waals surface area contributed by atoms with Gasteiger partial charge in [-0.3, -0.25) is 0 Å². The zero-order valence-corrected chi connectivity index (χ0v) is 16.6. The van der Waals surface area contributed by atoms with Gasteiger partial charge < -0.3 is 19.4 Å². The van der Waals surface area contributed by atoms with Crippen molar-refractivity contribution < 1.29 is 9.47 Å². The molecule has 4 aromatic rings. The van der Waals surface area contributed by atoms with E-state index in [2.05, 4.69) is 20.3 Å². The predicted octanol–water partition coefficient (Wildman–Crippen LogP) is 5.17. The Kier molecular flexibility index (Phi) is 5.31. The summed E-state index contributed by atoms with van der Waals surface area (Å²) in [4.78, 5) is 12.7. The number of imidazole rings is 1. The Morgan fingerprint density at radius 2 is 1.83 bits per heavy atom. The van der Waals surface area contributed by atoms with E-state index in [-0.39, 0.29) is 0 Å². The maximum Gasteiger partial charge on any atom is 0.224 e. The highest BCUT2D eigenvalue weighted by Gasteiger charge is 2.09. The number of nitrogens with one attached hydrogen (secondary N) is 1. The molecule has 0 saturated heterocycles.